The number of hydrogen-bond acceptors (Lipinski definition) is 4. The van der Waals surface area contributed by atoms with Gasteiger partial charge in [-0.2, -0.15) is 0 Å². The average molecular weight is 370 g/mol. The van der Waals surface area contributed by atoms with Gasteiger partial charge in [0.1, 0.15) is 0 Å². The summed E-state index contributed by atoms with van der Waals surface area (Å²) in [5.74, 6) is 0.233. The molecule has 2 aliphatic heterocycles. The fraction of sp³-hybridized carbons (Fsp3) is 0.938. The smallest absolute Gasteiger partial charge is 0.230 e. The second-order valence-electron chi connectivity index (χ2n) is 6.87. The highest BCUT2D eigenvalue weighted by Crippen LogP contribution is 2.33. The van der Waals surface area contributed by atoms with E-state index in [1.165, 1.54) is 0 Å². The Morgan fingerprint density at radius 2 is 1.78 bits per heavy atom. The van der Waals surface area contributed by atoms with Crippen molar-refractivity contribution in [1.29, 1.82) is 0 Å². The SMILES string of the molecule is CC(C)N1CCC(N(C)C(=O)C2(CN)CCOCC2)CC1.Cl.Cl. The van der Waals surface area contributed by atoms with Crippen LogP contribution < -0.4 is 5.73 Å². The Labute approximate surface area is 153 Å². The van der Waals surface area contributed by atoms with Gasteiger partial charge in [0, 0.05) is 52.0 Å². The van der Waals surface area contributed by atoms with E-state index in [0.717, 1.165) is 38.8 Å². The summed E-state index contributed by atoms with van der Waals surface area (Å²) in [4.78, 5) is 17.4. The molecule has 2 aliphatic rings. The third kappa shape index (κ3) is 5.20. The van der Waals surface area contributed by atoms with E-state index in [4.69, 9.17) is 10.5 Å². The van der Waals surface area contributed by atoms with Crippen LogP contribution in [0.1, 0.15) is 39.5 Å². The summed E-state index contributed by atoms with van der Waals surface area (Å²) in [6.07, 6.45) is 3.66. The molecule has 0 aromatic heterocycles. The molecule has 2 heterocycles. The van der Waals surface area contributed by atoms with E-state index in [-0.39, 0.29) is 36.1 Å². The highest BCUT2D eigenvalue weighted by molar-refractivity contribution is 5.85. The van der Waals surface area contributed by atoms with Gasteiger partial charge in [-0.05, 0) is 39.5 Å². The normalized spacial score (nSPS) is 22.1. The zero-order valence-corrected chi connectivity index (χ0v) is 16.3. The lowest BCUT2D eigenvalue weighted by Gasteiger charge is -2.43. The summed E-state index contributed by atoms with van der Waals surface area (Å²) in [7, 11) is 1.96. The van der Waals surface area contributed by atoms with Gasteiger partial charge in [-0.3, -0.25) is 4.79 Å². The zero-order chi connectivity index (χ0) is 15.5. The van der Waals surface area contributed by atoms with Crippen LogP contribution in [0.15, 0.2) is 0 Å². The molecule has 2 saturated heterocycles. The van der Waals surface area contributed by atoms with Crippen LogP contribution in [0.3, 0.4) is 0 Å². The summed E-state index contributed by atoms with van der Waals surface area (Å²) < 4.78 is 5.41. The molecule has 2 rings (SSSR count). The molecule has 0 aromatic carbocycles. The van der Waals surface area contributed by atoms with E-state index in [0.29, 0.717) is 31.8 Å². The van der Waals surface area contributed by atoms with Crippen molar-refractivity contribution in [2.24, 2.45) is 11.1 Å². The molecule has 0 spiro atoms. The number of ether oxygens (including phenoxy) is 1. The molecule has 0 unspecified atom stereocenters. The molecule has 0 atom stereocenters. The molecule has 2 N–H and O–H groups in total. The quantitative estimate of drug-likeness (QED) is 0.822. The van der Waals surface area contributed by atoms with E-state index >= 15 is 0 Å². The van der Waals surface area contributed by atoms with Gasteiger partial charge >= 0.3 is 0 Å². The first-order chi connectivity index (χ1) is 10.00. The molecule has 5 nitrogen and oxygen atoms in total. The van der Waals surface area contributed by atoms with Crippen LogP contribution in [0.25, 0.3) is 0 Å². The topological polar surface area (TPSA) is 58.8 Å². The van der Waals surface area contributed by atoms with Crippen LogP contribution in [-0.4, -0.2) is 67.7 Å². The lowest BCUT2D eigenvalue weighted by molar-refractivity contribution is -0.149. The van der Waals surface area contributed by atoms with Crippen LogP contribution in [-0.2, 0) is 9.53 Å². The minimum absolute atomic E-state index is 0. The Morgan fingerprint density at radius 3 is 2.22 bits per heavy atom. The zero-order valence-electron chi connectivity index (χ0n) is 14.6. The van der Waals surface area contributed by atoms with Crippen LogP contribution in [0.4, 0.5) is 0 Å². The van der Waals surface area contributed by atoms with Crippen molar-refractivity contribution in [2.75, 3.05) is 39.9 Å². The average Bonchev–Trinajstić information content (AvgIpc) is 2.54. The molecular formula is C16H33Cl2N3O2. The first-order valence-electron chi connectivity index (χ1n) is 8.29. The largest absolute Gasteiger partial charge is 0.381 e. The number of carbonyl (C=O) groups excluding carboxylic acids is 1. The number of nitrogens with two attached hydrogens (primary N) is 1. The van der Waals surface area contributed by atoms with Crippen molar-refractivity contribution in [3.8, 4) is 0 Å². The lowest BCUT2D eigenvalue weighted by atomic mass is 9.78. The standard InChI is InChI=1S/C16H31N3O2.2ClH/c1-13(2)19-8-4-14(5-9-19)18(3)15(20)16(12-17)6-10-21-11-7-16;;/h13-14H,4-12,17H2,1-3H3;2*1H. The highest BCUT2D eigenvalue weighted by Gasteiger charge is 2.42. The Balaban J connectivity index is 0.00000242. The molecule has 138 valence electrons. The molecule has 7 heteroatoms. The highest BCUT2D eigenvalue weighted by atomic mass is 35.5. The van der Waals surface area contributed by atoms with Crippen molar-refractivity contribution in [3.05, 3.63) is 0 Å². The fourth-order valence-corrected chi connectivity index (χ4v) is 3.60. The van der Waals surface area contributed by atoms with Gasteiger partial charge < -0.3 is 20.3 Å². The first-order valence-corrected chi connectivity index (χ1v) is 8.29. The summed E-state index contributed by atoms with van der Waals surface area (Å²) in [6.45, 7) is 8.38. The van der Waals surface area contributed by atoms with Gasteiger partial charge in [-0.15, -0.1) is 24.8 Å². The molecule has 0 bridgehead atoms. The van der Waals surface area contributed by atoms with Crippen LogP contribution in [0.5, 0.6) is 0 Å². The molecule has 1 amide bonds. The summed E-state index contributed by atoms with van der Waals surface area (Å²) >= 11 is 0. The summed E-state index contributed by atoms with van der Waals surface area (Å²) in [6, 6.07) is 0.955. The maximum Gasteiger partial charge on any atom is 0.230 e. The number of likely N-dealkylation sites (tertiary alicyclic amines) is 1. The van der Waals surface area contributed by atoms with Gasteiger partial charge in [0.05, 0.1) is 5.41 Å². The number of amides is 1. The number of nitrogens with zero attached hydrogens (tertiary/aromatic N) is 2. The number of hydrogen-bond donors (Lipinski definition) is 1. The summed E-state index contributed by atoms with van der Waals surface area (Å²) in [5.41, 5.74) is 5.57. The Bertz CT molecular complexity index is 355. The van der Waals surface area contributed by atoms with E-state index in [1.807, 2.05) is 11.9 Å². The molecule has 0 saturated carbocycles. The van der Waals surface area contributed by atoms with Crippen molar-refractivity contribution in [2.45, 2.75) is 51.6 Å². The van der Waals surface area contributed by atoms with Crippen molar-refractivity contribution < 1.29 is 9.53 Å². The van der Waals surface area contributed by atoms with Crippen molar-refractivity contribution in [3.63, 3.8) is 0 Å². The van der Waals surface area contributed by atoms with E-state index in [9.17, 15) is 4.79 Å². The van der Waals surface area contributed by atoms with E-state index in [2.05, 4.69) is 18.7 Å². The van der Waals surface area contributed by atoms with Crippen LogP contribution >= 0.6 is 24.8 Å². The number of piperidine rings is 1. The van der Waals surface area contributed by atoms with Gasteiger partial charge in [0.15, 0.2) is 0 Å². The van der Waals surface area contributed by atoms with Gasteiger partial charge in [-0.25, -0.2) is 0 Å². The third-order valence-electron chi connectivity index (χ3n) is 5.39. The van der Waals surface area contributed by atoms with Crippen molar-refractivity contribution >= 4 is 30.7 Å². The second kappa shape index (κ2) is 10.0. The molecule has 23 heavy (non-hydrogen) atoms. The second-order valence-corrected chi connectivity index (χ2v) is 6.87. The lowest BCUT2D eigenvalue weighted by Crippen LogP contribution is -2.54. The molecular weight excluding hydrogens is 337 g/mol. The van der Waals surface area contributed by atoms with Crippen LogP contribution in [0, 0.1) is 5.41 Å². The minimum Gasteiger partial charge on any atom is -0.381 e. The Hall–Kier alpha value is -0.0700. The number of halogens is 2. The maximum atomic E-state index is 12.9. The predicted molar refractivity (Wildman–Crippen MR) is 98.5 cm³/mol. The molecule has 0 aliphatic carbocycles. The minimum atomic E-state index is -0.387. The van der Waals surface area contributed by atoms with E-state index in [1.54, 1.807) is 0 Å². The Morgan fingerprint density at radius 1 is 1.26 bits per heavy atom. The predicted octanol–water partition coefficient (Wildman–Crippen LogP) is 1.92. The van der Waals surface area contributed by atoms with Gasteiger partial charge in [-0.1, -0.05) is 0 Å². The monoisotopic (exact) mass is 369 g/mol. The summed E-state index contributed by atoms with van der Waals surface area (Å²) in [5, 5.41) is 0. The van der Waals surface area contributed by atoms with Gasteiger partial charge in [0.2, 0.25) is 5.91 Å². The molecule has 0 radical (unpaired) electrons. The number of rotatable bonds is 4. The van der Waals surface area contributed by atoms with E-state index < -0.39 is 0 Å². The van der Waals surface area contributed by atoms with Gasteiger partial charge in [0.25, 0.3) is 0 Å². The molecule has 2 fully saturated rings. The Kier molecular flexibility index (Phi) is 10.0. The third-order valence-corrected chi connectivity index (χ3v) is 5.39. The first kappa shape index (κ1) is 22.9. The van der Waals surface area contributed by atoms with Crippen LogP contribution in [0.2, 0.25) is 0 Å². The maximum absolute atomic E-state index is 12.9. The fourth-order valence-electron chi connectivity index (χ4n) is 3.60. The van der Waals surface area contributed by atoms with Crippen molar-refractivity contribution in [1.82, 2.24) is 9.80 Å². The molecule has 0 aromatic rings. The number of carbonyl (C=O) groups is 1.